The van der Waals surface area contributed by atoms with E-state index in [4.69, 9.17) is 0 Å². The van der Waals surface area contributed by atoms with Crippen LogP contribution in [0.5, 0.6) is 0 Å². The Labute approximate surface area is 334 Å². The fourth-order valence-corrected chi connectivity index (χ4v) is 8.30. The Morgan fingerprint density at radius 1 is 0.333 bits per heavy atom. The predicted octanol–water partition coefficient (Wildman–Crippen LogP) is 15.6. The molecule has 57 heavy (non-hydrogen) atoms. The molecule has 9 aromatic rings. The number of para-hydroxylation sites is 2. The Balaban J connectivity index is 0.908. The monoisotopic (exact) mass is 728 g/mol. The molecule has 1 aliphatic carbocycles. The van der Waals surface area contributed by atoms with Crippen molar-refractivity contribution in [3.05, 3.63) is 229 Å². The van der Waals surface area contributed by atoms with Crippen molar-refractivity contribution in [2.75, 3.05) is 9.80 Å². The van der Waals surface area contributed by atoms with Crippen LogP contribution in [0.4, 0.5) is 34.1 Å². The first kappa shape index (κ1) is 34.1. The summed E-state index contributed by atoms with van der Waals surface area (Å²) < 4.78 is 0. The van der Waals surface area contributed by atoms with Crippen molar-refractivity contribution in [3.63, 3.8) is 0 Å². The van der Waals surface area contributed by atoms with Gasteiger partial charge < -0.3 is 9.80 Å². The minimum Gasteiger partial charge on any atom is -0.311 e. The van der Waals surface area contributed by atoms with E-state index < -0.39 is 0 Å². The molecule has 9 aromatic carbocycles. The second-order valence-corrected chi connectivity index (χ2v) is 14.7. The molecular formula is C55H40N2. The molecule has 0 N–H and O–H groups in total. The first-order valence-corrected chi connectivity index (χ1v) is 19.6. The lowest BCUT2D eigenvalue weighted by molar-refractivity contribution is 1.28. The van der Waals surface area contributed by atoms with Crippen LogP contribution in [0.15, 0.2) is 212 Å². The van der Waals surface area contributed by atoms with E-state index in [1.54, 1.807) is 0 Å². The van der Waals surface area contributed by atoms with Gasteiger partial charge in [-0.1, -0.05) is 158 Å². The van der Waals surface area contributed by atoms with Gasteiger partial charge in [0.1, 0.15) is 0 Å². The van der Waals surface area contributed by atoms with E-state index in [0.717, 1.165) is 39.6 Å². The van der Waals surface area contributed by atoms with Crippen LogP contribution in [0.3, 0.4) is 0 Å². The van der Waals surface area contributed by atoms with Crippen molar-refractivity contribution in [2.45, 2.75) is 6.92 Å². The van der Waals surface area contributed by atoms with E-state index in [1.165, 1.54) is 55.4 Å². The zero-order valence-electron chi connectivity index (χ0n) is 31.8. The first-order chi connectivity index (χ1) is 28.2. The van der Waals surface area contributed by atoms with Crippen molar-refractivity contribution in [1.82, 2.24) is 0 Å². The number of anilines is 6. The Morgan fingerprint density at radius 2 is 0.789 bits per heavy atom. The molecule has 2 heteroatoms. The van der Waals surface area contributed by atoms with Crippen molar-refractivity contribution in [3.8, 4) is 33.4 Å². The summed E-state index contributed by atoms with van der Waals surface area (Å²) in [5, 5.41) is 2.59. The van der Waals surface area contributed by atoms with Crippen LogP contribution in [-0.2, 0) is 0 Å². The van der Waals surface area contributed by atoms with Crippen molar-refractivity contribution < 1.29 is 0 Å². The van der Waals surface area contributed by atoms with Crippen LogP contribution in [0.1, 0.15) is 16.7 Å². The fourth-order valence-electron chi connectivity index (χ4n) is 8.30. The van der Waals surface area contributed by atoms with Gasteiger partial charge in [-0.25, -0.2) is 0 Å². The molecule has 0 saturated carbocycles. The fraction of sp³-hybridized carbons (Fsp3) is 0.0182. The predicted molar refractivity (Wildman–Crippen MR) is 243 cm³/mol. The molecule has 10 rings (SSSR count). The highest BCUT2D eigenvalue weighted by atomic mass is 15.1. The van der Waals surface area contributed by atoms with Crippen molar-refractivity contribution in [2.24, 2.45) is 0 Å². The lowest BCUT2D eigenvalue weighted by Crippen LogP contribution is -2.10. The molecule has 0 heterocycles. The van der Waals surface area contributed by atoms with Gasteiger partial charge in [0.2, 0.25) is 0 Å². The summed E-state index contributed by atoms with van der Waals surface area (Å²) in [6.45, 7) is 2.16. The third-order valence-electron chi connectivity index (χ3n) is 11.0. The smallest absolute Gasteiger partial charge is 0.0540 e. The van der Waals surface area contributed by atoms with Crippen molar-refractivity contribution >= 4 is 57.0 Å². The highest BCUT2D eigenvalue weighted by molar-refractivity contribution is 6.19. The van der Waals surface area contributed by atoms with E-state index in [-0.39, 0.29) is 0 Å². The highest BCUT2D eigenvalue weighted by Crippen LogP contribution is 2.51. The van der Waals surface area contributed by atoms with Crippen LogP contribution in [0.25, 0.3) is 56.3 Å². The summed E-state index contributed by atoms with van der Waals surface area (Å²) in [5.74, 6) is 0. The zero-order valence-corrected chi connectivity index (χ0v) is 31.8. The van der Waals surface area contributed by atoms with E-state index in [0.29, 0.717) is 0 Å². The van der Waals surface area contributed by atoms with Gasteiger partial charge in [0.25, 0.3) is 0 Å². The Hall–Kier alpha value is -7.42. The first-order valence-electron chi connectivity index (χ1n) is 19.6. The van der Waals surface area contributed by atoms with Crippen LogP contribution in [0.2, 0.25) is 0 Å². The second kappa shape index (κ2) is 14.7. The SMILES string of the molecule is Cc1cccc(N(c2ccc(-c3ccc(/C=C/c4ccc(N(c5ccccc5)c5ccccc5)cc4)cc3)cc2)c2ccc3c4c(cccc24)-c2ccccc2-3)c1. The normalized spacial score (nSPS) is 11.5. The average Bonchev–Trinajstić information content (AvgIpc) is 3.60. The molecule has 0 spiro atoms. The average molecular weight is 729 g/mol. The van der Waals surface area contributed by atoms with E-state index in [1.807, 2.05) is 0 Å². The molecule has 0 aromatic heterocycles. The summed E-state index contributed by atoms with van der Waals surface area (Å²) in [4.78, 5) is 4.69. The molecule has 270 valence electrons. The number of hydrogen-bond donors (Lipinski definition) is 0. The number of rotatable bonds is 9. The van der Waals surface area contributed by atoms with Gasteiger partial charge >= 0.3 is 0 Å². The van der Waals surface area contributed by atoms with Crippen LogP contribution in [0, 0.1) is 6.92 Å². The van der Waals surface area contributed by atoms with Crippen LogP contribution < -0.4 is 9.80 Å². The maximum atomic E-state index is 2.41. The quantitative estimate of drug-likeness (QED) is 0.137. The van der Waals surface area contributed by atoms with Gasteiger partial charge in [0, 0.05) is 33.8 Å². The second-order valence-electron chi connectivity index (χ2n) is 14.7. The molecule has 0 amide bonds. The lowest BCUT2D eigenvalue weighted by Gasteiger charge is -2.27. The Bertz CT molecular complexity index is 2810. The van der Waals surface area contributed by atoms with E-state index in [9.17, 15) is 0 Å². The number of nitrogens with zero attached hydrogens (tertiary/aromatic N) is 2. The molecule has 0 fully saturated rings. The largest absolute Gasteiger partial charge is 0.311 e. The molecule has 0 unspecified atom stereocenters. The minimum absolute atomic E-state index is 1.12. The highest BCUT2D eigenvalue weighted by Gasteiger charge is 2.24. The Kier molecular flexibility index (Phi) is 8.78. The molecule has 1 aliphatic rings. The molecule has 2 nitrogen and oxygen atoms in total. The number of hydrogen-bond acceptors (Lipinski definition) is 2. The molecule has 0 saturated heterocycles. The summed E-state index contributed by atoms with van der Waals surface area (Å²) in [6, 6.07) is 76.5. The van der Waals surface area contributed by atoms with E-state index >= 15 is 0 Å². The van der Waals surface area contributed by atoms with Gasteiger partial charge in [-0.05, 0) is 129 Å². The number of aryl methyl sites for hydroxylation is 1. The molecule has 0 bridgehead atoms. The Morgan fingerprint density at radius 3 is 1.40 bits per heavy atom. The van der Waals surface area contributed by atoms with Gasteiger partial charge in [0.15, 0.2) is 0 Å². The number of fused-ring (bicyclic) bond motifs is 3. The molecule has 0 aliphatic heterocycles. The van der Waals surface area contributed by atoms with Gasteiger partial charge in [-0.2, -0.15) is 0 Å². The maximum absolute atomic E-state index is 2.41. The van der Waals surface area contributed by atoms with Gasteiger partial charge in [-0.3, -0.25) is 0 Å². The lowest BCUT2D eigenvalue weighted by atomic mass is 9.99. The molecule has 0 atom stereocenters. The zero-order chi connectivity index (χ0) is 38.1. The summed E-state index contributed by atoms with van der Waals surface area (Å²) in [5.41, 5.74) is 18.0. The maximum Gasteiger partial charge on any atom is 0.0540 e. The third-order valence-corrected chi connectivity index (χ3v) is 11.0. The molecule has 0 radical (unpaired) electrons. The summed E-state index contributed by atoms with van der Waals surface area (Å²) >= 11 is 0. The topological polar surface area (TPSA) is 6.48 Å². The van der Waals surface area contributed by atoms with Gasteiger partial charge in [0.05, 0.1) is 5.69 Å². The van der Waals surface area contributed by atoms with Crippen LogP contribution >= 0.6 is 0 Å². The summed E-state index contributed by atoms with van der Waals surface area (Å²) in [6.07, 6.45) is 4.37. The summed E-state index contributed by atoms with van der Waals surface area (Å²) in [7, 11) is 0. The van der Waals surface area contributed by atoms with Gasteiger partial charge in [-0.15, -0.1) is 0 Å². The minimum atomic E-state index is 1.12. The standard InChI is InChI=1S/C55H40N2/c1-39-12-10-17-48(38-39)57(54-37-36-52-50-19-9-8-18-49(50)51-20-11-21-53(54)55(51)52)47-34-30-43(31-35-47)42-28-24-40(25-29-42)22-23-41-26-32-46(33-27-41)56(44-13-4-2-5-14-44)45-15-6-3-7-16-45/h2-38H,1H3/b23-22+. The van der Waals surface area contributed by atoms with Crippen LogP contribution in [-0.4, -0.2) is 0 Å². The van der Waals surface area contributed by atoms with E-state index in [2.05, 4.69) is 241 Å². The number of benzene rings is 9. The molecular weight excluding hydrogens is 689 g/mol. The van der Waals surface area contributed by atoms with Crippen molar-refractivity contribution in [1.29, 1.82) is 0 Å². The third kappa shape index (κ3) is 6.48.